The van der Waals surface area contributed by atoms with Crippen molar-refractivity contribution in [2.45, 2.75) is 19.5 Å². The van der Waals surface area contributed by atoms with Crippen LogP contribution in [0.1, 0.15) is 24.4 Å². The summed E-state index contributed by atoms with van der Waals surface area (Å²) in [6, 6.07) is 7.78. The second kappa shape index (κ2) is 6.90. The van der Waals surface area contributed by atoms with Gasteiger partial charge in [0, 0.05) is 31.2 Å². The second-order valence-electron chi connectivity index (χ2n) is 4.90. The second-order valence-corrected chi connectivity index (χ2v) is 4.90. The number of aromatic nitrogens is 2. The third kappa shape index (κ3) is 4.06. The van der Waals surface area contributed by atoms with E-state index < -0.39 is 0 Å². The number of urea groups is 1. The molecule has 0 bridgehead atoms. The van der Waals surface area contributed by atoms with E-state index in [2.05, 4.69) is 27.9 Å². The van der Waals surface area contributed by atoms with Crippen LogP contribution in [-0.4, -0.2) is 22.6 Å². The van der Waals surface area contributed by atoms with Crippen LogP contribution in [0, 0.1) is 0 Å². The number of aryl methyl sites for hydroxylation is 1. The van der Waals surface area contributed by atoms with Crippen LogP contribution in [0.3, 0.4) is 0 Å². The molecule has 0 saturated heterocycles. The van der Waals surface area contributed by atoms with Crippen molar-refractivity contribution in [2.75, 3.05) is 12.4 Å². The van der Waals surface area contributed by atoms with Crippen LogP contribution in [-0.2, 0) is 13.6 Å². The van der Waals surface area contributed by atoms with Gasteiger partial charge in [0.05, 0.1) is 6.54 Å². The van der Waals surface area contributed by atoms with E-state index in [1.807, 2.05) is 49.1 Å². The SMILES string of the molecule is CNC(C)c1cccc(NC(=O)NCc2nccn2C)c1. The molecular formula is C15H21N5O. The number of hydrogen-bond donors (Lipinski definition) is 3. The van der Waals surface area contributed by atoms with Crippen molar-refractivity contribution < 1.29 is 4.79 Å². The number of benzene rings is 1. The molecule has 1 aromatic heterocycles. The van der Waals surface area contributed by atoms with Crippen molar-refractivity contribution in [1.29, 1.82) is 0 Å². The van der Waals surface area contributed by atoms with Gasteiger partial charge in [-0.05, 0) is 31.7 Å². The third-order valence-electron chi connectivity index (χ3n) is 3.41. The molecule has 3 N–H and O–H groups in total. The Hall–Kier alpha value is -2.34. The van der Waals surface area contributed by atoms with E-state index in [9.17, 15) is 4.79 Å². The number of rotatable bonds is 5. The predicted molar refractivity (Wildman–Crippen MR) is 83.0 cm³/mol. The summed E-state index contributed by atoms with van der Waals surface area (Å²) in [5, 5.41) is 8.79. The van der Waals surface area contributed by atoms with Crippen LogP contribution < -0.4 is 16.0 Å². The fourth-order valence-corrected chi connectivity index (χ4v) is 1.95. The minimum atomic E-state index is -0.243. The van der Waals surface area contributed by atoms with Gasteiger partial charge in [0.2, 0.25) is 0 Å². The van der Waals surface area contributed by atoms with Gasteiger partial charge in [0.25, 0.3) is 0 Å². The van der Waals surface area contributed by atoms with Crippen LogP contribution in [0.4, 0.5) is 10.5 Å². The number of hydrogen-bond acceptors (Lipinski definition) is 3. The highest BCUT2D eigenvalue weighted by atomic mass is 16.2. The van der Waals surface area contributed by atoms with Crippen molar-refractivity contribution in [1.82, 2.24) is 20.2 Å². The monoisotopic (exact) mass is 287 g/mol. The molecule has 6 heteroatoms. The Balaban J connectivity index is 1.92. The van der Waals surface area contributed by atoms with Crippen LogP contribution in [0.5, 0.6) is 0 Å². The van der Waals surface area contributed by atoms with Crippen LogP contribution in [0.2, 0.25) is 0 Å². The molecular weight excluding hydrogens is 266 g/mol. The van der Waals surface area contributed by atoms with Crippen LogP contribution in [0.25, 0.3) is 0 Å². The van der Waals surface area contributed by atoms with Crippen molar-refractivity contribution >= 4 is 11.7 Å². The molecule has 2 amide bonds. The summed E-state index contributed by atoms with van der Waals surface area (Å²) >= 11 is 0. The first-order chi connectivity index (χ1) is 10.1. The molecule has 1 heterocycles. The molecule has 6 nitrogen and oxygen atoms in total. The van der Waals surface area contributed by atoms with E-state index >= 15 is 0 Å². The van der Waals surface area contributed by atoms with Gasteiger partial charge in [-0.1, -0.05) is 12.1 Å². The normalized spacial score (nSPS) is 12.0. The molecule has 0 fully saturated rings. The minimum Gasteiger partial charge on any atom is -0.337 e. The van der Waals surface area contributed by atoms with Crippen LogP contribution >= 0.6 is 0 Å². The van der Waals surface area contributed by atoms with Gasteiger partial charge in [-0.15, -0.1) is 0 Å². The minimum absolute atomic E-state index is 0.238. The van der Waals surface area contributed by atoms with E-state index in [0.717, 1.165) is 17.1 Å². The summed E-state index contributed by atoms with van der Waals surface area (Å²) in [6.45, 7) is 2.46. The summed E-state index contributed by atoms with van der Waals surface area (Å²) in [7, 11) is 3.80. The Morgan fingerprint density at radius 2 is 2.24 bits per heavy atom. The lowest BCUT2D eigenvalue weighted by atomic mass is 10.1. The van der Waals surface area contributed by atoms with E-state index in [1.54, 1.807) is 6.20 Å². The number of carbonyl (C=O) groups is 1. The summed E-state index contributed by atoms with van der Waals surface area (Å²) in [5.74, 6) is 0.808. The maximum Gasteiger partial charge on any atom is 0.319 e. The predicted octanol–water partition coefficient (Wildman–Crippen LogP) is 2.02. The number of amides is 2. The van der Waals surface area contributed by atoms with Crippen LogP contribution in [0.15, 0.2) is 36.7 Å². The number of carbonyl (C=O) groups excluding carboxylic acids is 1. The molecule has 1 unspecified atom stereocenters. The molecule has 0 aliphatic carbocycles. The lowest BCUT2D eigenvalue weighted by Crippen LogP contribution is -2.29. The average molecular weight is 287 g/mol. The standard InChI is InChI=1S/C15H21N5O/c1-11(16-2)12-5-4-6-13(9-12)19-15(21)18-10-14-17-7-8-20(14)3/h4-9,11,16H,10H2,1-3H3,(H2,18,19,21). The van der Waals surface area contributed by atoms with Gasteiger partial charge in [-0.25, -0.2) is 9.78 Å². The highest BCUT2D eigenvalue weighted by molar-refractivity contribution is 5.89. The summed E-state index contributed by atoms with van der Waals surface area (Å²) in [6.07, 6.45) is 3.55. The van der Waals surface area contributed by atoms with E-state index in [4.69, 9.17) is 0 Å². The quantitative estimate of drug-likeness (QED) is 0.788. The molecule has 1 atom stereocenters. The molecule has 1 aromatic carbocycles. The van der Waals surface area contributed by atoms with Crippen molar-refractivity contribution in [2.24, 2.45) is 7.05 Å². The van der Waals surface area contributed by atoms with E-state index in [1.165, 1.54) is 0 Å². The van der Waals surface area contributed by atoms with Gasteiger partial charge in [0.1, 0.15) is 5.82 Å². The molecule has 2 aromatic rings. The smallest absolute Gasteiger partial charge is 0.319 e. The van der Waals surface area contributed by atoms with Gasteiger partial charge in [-0.3, -0.25) is 0 Å². The molecule has 0 spiro atoms. The zero-order valence-electron chi connectivity index (χ0n) is 12.6. The molecule has 0 saturated carbocycles. The van der Waals surface area contributed by atoms with Crippen molar-refractivity contribution in [3.05, 3.63) is 48.0 Å². The largest absolute Gasteiger partial charge is 0.337 e. The van der Waals surface area contributed by atoms with E-state index in [-0.39, 0.29) is 12.1 Å². The highest BCUT2D eigenvalue weighted by Gasteiger charge is 2.06. The topological polar surface area (TPSA) is 71.0 Å². The zero-order valence-corrected chi connectivity index (χ0v) is 12.6. The van der Waals surface area contributed by atoms with Gasteiger partial charge in [0.15, 0.2) is 0 Å². The Morgan fingerprint density at radius 1 is 1.43 bits per heavy atom. The first-order valence-electron chi connectivity index (χ1n) is 6.88. The number of nitrogens with one attached hydrogen (secondary N) is 3. The van der Waals surface area contributed by atoms with Crippen molar-refractivity contribution in [3.63, 3.8) is 0 Å². The maximum atomic E-state index is 11.9. The van der Waals surface area contributed by atoms with Gasteiger partial charge >= 0.3 is 6.03 Å². The lowest BCUT2D eigenvalue weighted by Gasteiger charge is -2.13. The first kappa shape index (κ1) is 15.1. The number of anilines is 1. The molecule has 21 heavy (non-hydrogen) atoms. The molecule has 0 aliphatic rings. The number of imidazole rings is 1. The molecule has 0 aliphatic heterocycles. The summed E-state index contributed by atoms with van der Waals surface area (Å²) in [4.78, 5) is 16.1. The van der Waals surface area contributed by atoms with Gasteiger partial charge in [-0.2, -0.15) is 0 Å². The molecule has 0 radical (unpaired) electrons. The number of nitrogens with zero attached hydrogens (tertiary/aromatic N) is 2. The van der Waals surface area contributed by atoms with E-state index in [0.29, 0.717) is 6.54 Å². The Morgan fingerprint density at radius 3 is 2.90 bits per heavy atom. The Bertz CT molecular complexity index is 608. The lowest BCUT2D eigenvalue weighted by molar-refractivity contribution is 0.251. The highest BCUT2D eigenvalue weighted by Crippen LogP contribution is 2.16. The Kier molecular flexibility index (Phi) is 4.94. The maximum absolute atomic E-state index is 11.9. The molecule has 112 valence electrons. The summed E-state index contributed by atoms with van der Waals surface area (Å²) < 4.78 is 1.87. The zero-order chi connectivity index (χ0) is 15.2. The summed E-state index contributed by atoms with van der Waals surface area (Å²) in [5.41, 5.74) is 1.89. The van der Waals surface area contributed by atoms with Crippen molar-refractivity contribution in [3.8, 4) is 0 Å². The fraction of sp³-hybridized carbons (Fsp3) is 0.333. The first-order valence-corrected chi connectivity index (χ1v) is 6.88. The molecule has 2 rings (SSSR count). The fourth-order valence-electron chi connectivity index (χ4n) is 1.95. The van der Waals surface area contributed by atoms with Gasteiger partial charge < -0.3 is 20.5 Å². The Labute approximate surface area is 124 Å². The third-order valence-corrected chi connectivity index (χ3v) is 3.41. The average Bonchev–Trinajstić information content (AvgIpc) is 2.90.